The summed E-state index contributed by atoms with van der Waals surface area (Å²) in [4.78, 5) is 0. The van der Waals surface area contributed by atoms with Crippen molar-refractivity contribution in [3.63, 3.8) is 0 Å². The van der Waals surface area contributed by atoms with Gasteiger partial charge in [-0.15, -0.1) is 0 Å². The fraction of sp³-hybridized carbons (Fsp3) is 1.00. The largest absolute Gasteiger partial charge is 0.313 e. The zero-order valence-corrected chi connectivity index (χ0v) is 15.0. The first-order valence-corrected chi connectivity index (χ1v) is 9.47. The van der Waals surface area contributed by atoms with Crippen LogP contribution in [0.25, 0.3) is 0 Å². The van der Waals surface area contributed by atoms with Crippen molar-refractivity contribution >= 4 is 10.0 Å². The predicted molar refractivity (Wildman–Crippen MR) is 87.4 cm³/mol. The maximum Gasteiger partial charge on any atom is 0.215 e. The van der Waals surface area contributed by atoms with E-state index in [1.165, 1.54) is 0 Å². The van der Waals surface area contributed by atoms with Gasteiger partial charge in [0.05, 0.1) is 5.75 Å². The molecule has 0 bridgehead atoms. The summed E-state index contributed by atoms with van der Waals surface area (Å²) in [7, 11) is -3.14. The van der Waals surface area contributed by atoms with Crippen molar-refractivity contribution in [2.75, 3.05) is 25.4 Å². The van der Waals surface area contributed by atoms with Gasteiger partial charge in [0.25, 0.3) is 0 Å². The summed E-state index contributed by atoms with van der Waals surface area (Å²) >= 11 is 0. The highest BCUT2D eigenvalue weighted by Gasteiger charge is 2.21. The van der Waals surface area contributed by atoms with E-state index < -0.39 is 10.0 Å². The Morgan fingerprint density at radius 3 is 1.70 bits per heavy atom. The molecule has 122 valence electrons. The van der Waals surface area contributed by atoms with Gasteiger partial charge in [0.15, 0.2) is 0 Å². The van der Waals surface area contributed by atoms with Gasteiger partial charge in [0.2, 0.25) is 10.0 Å². The molecule has 0 amide bonds. The van der Waals surface area contributed by atoms with E-state index in [0.717, 1.165) is 12.8 Å². The lowest BCUT2D eigenvalue weighted by atomic mass is 10.1. The number of hydrogen-bond donors (Lipinski definition) is 1. The van der Waals surface area contributed by atoms with Crippen LogP contribution in [0, 0.1) is 11.8 Å². The first-order valence-electron chi connectivity index (χ1n) is 7.86. The first kappa shape index (κ1) is 19.9. The van der Waals surface area contributed by atoms with Gasteiger partial charge in [-0.2, -0.15) is 0 Å². The Balaban J connectivity index is 4.53. The summed E-state index contributed by atoms with van der Waals surface area (Å²) in [6, 6.07) is 0.324. The standard InChI is InChI=1S/C15H34N2O2S/c1-13(2)7-10-17(11-8-14(3)4)20(18,19)12-9-16-15(5)6/h13-16H,7-12H2,1-6H3. The average Bonchev–Trinajstić information content (AvgIpc) is 2.26. The molecule has 0 atom stereocenters. The highest BCUT2D eigenvalue weighted by Crippen LogP contribution is 2.11. The Hall–Kier alpha value is -0.130. The monoisotopic (exact) mass is 306 g/mol. The summed E-state index contributed by atoms with van der Waals surface area (Å²) in [5, 5.41) is 3.18. The lowest BCUT2D eigenvalue weighted by molar-refractivity contribution is 0.356. The van der Waals surface area contributed by atoms with Crippen molar-refractivity contribution in [1.82, 2.24) is 9.62 Å². The zero-order valence-electron chi connectivity index (χ0n) is 14.1. The minimum absolute atomic E-state index is 0.196. The van der Waals surface area contributed by atoms with E-state index in [1.807, 2.05) is 13.8 Å². The molecule has 20 heavy (non-hydrogen) atoms. The summed E-state index contributed by atoms with van der Waals surface area (Å²) in [5.41, 5.74) is 0. The van der Waals surface area contributed by atoms with Crippen molar-refractivity contribution < 1.29 is 8.42 Å². The Morgan fingerprint density at radius 1 is 0.900 bits per heavy atom. The molecule has 4 nitrogen and oxygen atoms in total. The molecule has 1 N–H and O–H groups in total. The maximum absolute atomic E-state index is 12.4. The van der Waals surface area contributed by atoms with Crippen LogP contribution in [0.1, 0.15) is 54.4 Å². The van der Waals surface area contributed by atoms with Gasteiger partial charge in [-0.25, -0.2) is 12.7 Å². The molecular weight excluding hydrogens is 272 g/mol. The van der Waals surface area contributed by atoms with Crippen molar-refractivity contribution in [3.05, 3.63) is 0 Å². The second-order valence-corrected chi connectivity index (χ2v) is 8.78. The Labute approximate surface area is 126 Å². The molecular formula is C15H34N2O2S. The lowest BCUT2D eigenvalue weighted by Gasteiger charge is -2.24. The normalized spacial score (nSPS) is 13.1. The second kappa shape index (κ2) is 9.74. The van der Waals surface area contributed by atoms with Crippen LogP contribution >= 0.6 is 0 Å². The molecule has 0 unspecified atom stereocenters. The van der Waals surface area contributed by atoms with E-state index in [4.69, 9.17) is 0 Å². The van der Waals surface area contributed by atoms with Crippen LogP contribution in [0.5, 0.6) is 0 Å². The molecule has 0 aliphatic carbocycles. The van der Waals surface area contributed by atoms with Crippen LogP contribution in [0.2, 0.25) is 0 Å². The van der Waals surface area contributed by atoms with Gasteiger partial charge >= 0.3 is 0 Å². The fourth-order valence-electron chi connectivity index (χ4n) is 1.80. The SMILES string of the molecule is CC(C)CCN(CCC(C)C)S(=O)(=O)CCNC(C)C. The highest BCUT2D eigenvalue weighted by atomic mass is 32.2. The number of nitrogens with zero attached hydrogens (tertiary/aromatic N) is 1. The zero-order chi connectivity index (χ0) is 15.8. The Morgan fingerprint density at radius 2 is 1.35 bits per heavy atom. The van der Waals surface area contributed by atoms with Crippen LogP contribution in [0.15, 0.2) is 0 Å². The molecule has 0 saturated carbocycles. The summed E-state index contributed by atoms with van der Waals surface area (Å²) in [5.74, 6) is 1.25. The van der Waals surface area contributed by atoms with Crippen LogP contribution in [-0.4, -0.2) is 44.2 Å². The third kappa shape index (κ3) is 9.72. The molecule has 0 aliphatic heterocycles. The van der Waals surface area contributed by atoms with E-state index >= 15 is 0 Å². The van der Waals surface area contributed by atoms with Crippen molar-refractivity contribution in [2.24, 2.45) is 11.8 Å². The third-order valence-electron chi connectivity index (χ3n) is 3.22. The predicted octanol–water partition coefficient (Wildman–Crippen LogP) is 2.71. The molecule has 0 saturated heterocycles. The molecule has 0 heterocycles. The quantitative estimate of drug-likeness (QED) is 0.638. The first-order chi connectivity index (χ1) is 9.15. The van der Waals surface area contributed by atoms with Gasteiger partial charge in [-0.05, 0) is 24.7 Å². The minimum Gasteiger partial charge on any atom is -0.313 e. The molecule has 0 fully saturated rings. The van der Waals surface area contributed by atoms with Crippen molar-refractivity contribution in [1.29, 1.82) is 0 Å². The van der Waals surface area contributed by atoms with Gasteiger partial charge in [0.1, 0.15) is 0 Å². The van der Waals surface area contributed by atoms with Gasteiger partial charge in [-0.3, -0.25) is 0 Å². The minimum atomic E-state index is -3.14. The average molecular weight is 307 g/mol. The number of sulfonamides is 1. The fourth-order valence-corrected chi connectivity index (χ4v) is 3.20. The van der Waals surface area contributed by atoms with E-state index in [0.29, 0.717) is 37.5 Å². The smallest absolute Gasteiger partial charge is 0.215 e. The number of hydrogen-bond acceptors (Lipinski definition) is 3. The molecule has 0 aliphatic rings. The summed E-state index contributed by atoms with van der Waals surface area (Å²) < 4.78 is 26.5. The summed E-state index contributed by atoms with van der Waals surface area (Å²) in [6.07, 6.45) is 1.85. The van der Waals surface area contributed by atoms with Crippen molar-refractivity contribution in [3.8, 4) is 0 Å². The van der Waals surface area contributed by atoms with Crippen LogP contribution in [-0.2, 0) is 10.0 Å². The molecule has 5 heteroatoms. The lowest BCUT2D eigenvalue weighted by Crippen LogP contribution is -2.39. The molecule has 0 aromatic rings. The molecule has 0 aromatic carbocycles. The van der Waals surface area contributed by atoms with Gasteiger partial charge in [0, 0.05) is 25.7 Å². The third-order valence-corrected chi connectivity index (χ3v) is 5.09. The van der Waals surface area contributed by atoms with E-state index in [1.54, 1.807) is 4.31 Å². The molecule has 0 aromatic heterocycles. The highest BCUT2D eigenvalue weighted by molar-refractivity contribution is 7.89. The summed E-state index contributed by atoms with van der Waals surface area (Å²) in [6.45, 7) is 14.4. The maximum atomic E-state index is 12.4. The van der Waals surface area contributed by atoms with Gasteiger partial charge < -0.3 is 5.32 Å². The molecule has 0 radical (unpaired) electrons. The second-order valence-electron chi connectivity index (χ2n) is 6.69. The van der Waals surface area contributed by atoms with E-state index in [-0.39, 0.29) is 5.75 Å². The van der Waals surface area contributed by atoms with Crippen LogP contribution in [0.3, 0.4) is 0 Å². The Bertz CT molecular complexity index is 326. The van der Waals surface area contributed by atoms with Crippen LogP contribution < -0.4 is 5.32 Å². The molecule has 0 rings (SSSR count). The number of rotatable bonds is 11. The van der Waals surface area contributed by atoms with E-state index in [2.05, 4.69) is 33.0 Å². The molecule has 0 spiro atoms. The Kier molecular flexibility index (Phi) is 9.68. The number of nitrogens with one attached hydrogen (secondary N) is 1. The van der Waals surface area contributed by atoms with Crippen LogP contribution in [0.4, 0.5) is 0 Å². The van der Waals surface area contributed by atoms with Gasteiger partial charge in [-0.1, -0.05) is 41.5 Å². The topological polar surface area (TPSA) is 49.4 Å². The van der Waals surface area contributed by atoms with Crippen molar-refractivity contribution in [2.45, 2.75) is 60.4 Å². The van der Waals surface area contributed by atoms with E-state index in [9.17, 15) is 8.42 Å².